The van der Waals surface area contributed by atoms with Gasteiger partial charge in [0.25, 0.3) is 5.91 Å². The Balaban J connectivity index is 1.42. The summed E-state index contributed by atoms with van der Waals surface area (Å²) in [5.74, 6) is 0.876. The molecule has 0 aliphatic carbocycles. The maximum atomic E-state index is 13.4. The summed E-state index contributed by atoms with van der Waals surface area (Å²) in [4.78, 5) is 31.6. The van der Waals surface area contributed by atoms with Crippen LogP contribution >= 0.6 is 0 Å². The molecular weight excluding hydrogens is 408 g/mol. The van der Waals surface area contributed by atoms with E-state index in [0.717, 1.165) is 26.8 Å². The number of imide groups is 1. The number of fused-ring (bicyclic) bond motifs is 1. The van der Waals surface area contributed by atoms with Gasteiger partial charge in [0.15, 0.2) is 0 Å². The van der Waals surface area contributed by atoms with Crippen LogP contribution in [0.15, 0.2) is 71.3 Å². The van der Waals surface area contributed by atoms with E-state index in [1.54, 1.807) is 38.3 Å². The van der Waals surface area contributed by atoms with Crippen molar-refractivity contribution in [2.75, 3.05) is 7.11 Å². The molecule has 5 rings (SSSR count). The van der Waals surface area contributed by atoms with Crippen LogP contribution in [0.5, 0.6) is 5.75 Å². The molecule has 1 aliphatic rings. The van der Waals surface area contributed by atoms with E-state index in [1.807, 2.05) is 42.5 Å². The Morgan fingerprint density at radius 2 is 1.78 bits per heavy atom. The Hall–Kier alpha value is -4.20. The summed E-state index contributed by atoms with van der Waals surface area (Å²) in [6.45, 7) is 1.60. The van der Waals surface area contributed by atoms with Crippen LogP contribution in [0.2, 0.25) is 0 Å². The molecule has 2 heterocycles. The van der Waals surface area contributed by atoms with Crippen molar-refractivity contribution < 1.29 is 18.8 Å². The van der Waals surface area contributed by atoms with Crippen molar-refractivity contribution in [3.8, 4) is 17.1 Å². The van der Waals surface area contributed by atoms with Gasteiger partial charge in [-0.2, -0.15) is 4.98 Å². The van der Waals surface area contributed by atoms with Gasteiger partial charge in [-0.1, -0.05) is 47.6 Å². The second-order valence-electron chi connectivity index (χ2n) is 7.71. The first-order valence-corrected chi connectivity index (χ1v) is 10.1. The maximum Gasteiger partial charge on any atom is 0.325 e. The smallest absolute Gasteiger partial charge is 0.325 e. The molecule has 160 valence electrons. The summed E-state index contributed by atoms with van der Waals surface area (Å²) in [6, 6.07) is 20.2. The van der Waals surface area contributed by atoms with Gasteiger partial charge in [0, 0.05) is 5.56 Å². The van der Waals surface area contributed by atoms with Gasteiger partial charge < -0.3 is 14.6 Å². The van der Waals surface area contributed by atoms with Gasteiger partial charge in [0.1, 0.15) is 17.8 Å². The normalized spacial score (nSPS) is 18.2. The standard InChI is InChI=1S/C24H20N4O4/c1-24(19-9-5-7-15-6-3-4-8-18(15)19)22(29)28(23(30)26-24)14-20-25-21(27-32-20)16-10-12-17(31-2)13-11-16/h3-13H,14H2,1-2H3,(H,26,30). The van der Waals surface area contributed by atoms with Crippen molar-refractivity contribution in [2.24, 2.45) is 0 Å². The number of urea groups is 1. The minimum Gasteiger partial charge on any atom is -0.497 e. The van der Waals surface area contributed by atoms with Crippen LogP contribution in [0.3, 0.4) is 0 Å². The number of carbonyl (C=O) groups is 2. The zero-order chi connectivity index (χ0) is 22.3. The average Bonchev–Trinajstić information content (AvgIpc) is 3.38. The molecule has 1 saturated heterocycles. The average molecular weight is 428 g/mol. The fourth-order valence-corrected chi connectivity index (χ4v) is 4.00. The summed E-state index contributed by atoms with van der Waals surface area (Å²) in [5.41, 5.74) is 0.274. The lowest BCUT2D eigenvalue weighted by atomic mass is 9.88. The molecule has 0 bridgehead atoms. The molecule has 4 aromatic rings. The molecule has 3 amide bonds. The fourth-order valence-electron chi connectivity index (χ4n) is 4.00. The number of methoxy groups -OCH3 is 1. The lowest BCUT2D eigenvalue weighted by Gasteiger charge is -2.23. The summed E-state index contributed by atoms with van der Waals surface area (Å²) in [5, 5.41) is 8.72. The topological polar surface area (TPSA) is 97.6 Å². The van der Waals surface area contributed by atoms with Gasteiger partial charge in [0.2, 0.25) is 11.7 Å². The maximum absolute atomic E-state index is 13.4. The van der Waals surface area contributed by atoms with Crippen LogP contribution in [0, 0.1) is 0 Å². The predicted octanol–water partition coefficient (Wildman–Crippen LogP) is 3.87. The molecule has 1 fully saturated rings. The molecule has 0 spiro atoms. The summed E-state index contributed by atoms with van der Waals surface area (Å²) >= 11 is 0. The van der Waals surface area contributed by atoms with Crippen LogP contribution in [0.1, 0.15) is 18.4 Å². The SMILES string of the molecule is COc1ccc(-c2noc(CN3C(=O)NC(C)(c4cccc5ccccc45)C3=O)n2)cc1. The van der Waals surface area contributed by atoms with E-state index in [-0.39, 0.29) is 18.3 Å². The van der Waals surface area contributed by atoms with Gasteiger partial charge in [-0.05, 0) is 47.5 Å². The largest absolute Gasteiger partial charge is 0.497 e. The third kappa shape index (κ3) is 3.17. The van der Waals surface area contributed by atoms with Gasteiger partial charge >= 0.3 is 6.03 Å². The first kappa shape index (κ1) is 19.7. The quantitative estimate of drug-likeness (QED) is 0.485. The highest BCUT2D eigenvalue weighted by molar-refractivity contribution is 6.09. The molecule has 1 atom stereocenters. The minimum absolute atomic E-state index is 0.117. The first-order valence-electron chi connectivity index (χ1n) is 10.1. The molecule has 3 aromatic carbocycles. The van der Waals surface area contributed by atoms with Crippen molar-refractivity contribution in [2.45, 2.75) is 19.0 Å². The van der Waals surface area contributed by atoms with Crippen molar-refractivity contribution in [1.29, 1.82) is 0 Å². The van der Waals surface area contributed by atoms with Gasteiger partial charge in [-0.3, -0.25) is 9.69 Å². The number of hydrogen-bond donors (Lipinski definition) is 1. The number of carbonyl (C=O) groups excluding carboxylic acids is 2. The molecule has 0 radical (unpaired) electrons. The first-order chi connectivity index (χ1) is 15.5. The van der Waals surface area contributed by atoms with E-state index in [4.69, 9.17) is 9.26 Å². The number of aromatic nitrogens is 2. The van der Waals surface area contributed by atoms with E-state index in [2.05, 4.69) is 15.5 Å². The summed E-state index contributed by atoms with van der Waals surface area (Å²) < 4.78 is 10.5. The highest BCUT2D eigenvalue weighted by Crippen LogP contribution is 2.34. The number of nitrogens with zero attached hydrogens (tertiary/aromatic N) is 3. The van der Waals surface area contributed by atoms with Crippen molar-refractivity contribution in [3.63, 3.8) is 0 Å². The summed E-state index contributed by atoms with van der Waals surface area (Å²) in [7, 11) is 1.59. The lowest BCUT2D eigenvalue weighted by molar-refractivity contribution is -0.131. The second kappa shape index (κ2) is 7.49. The number of rotatable bonds is 5. The lowest BCUT2D eigenvalue weighted by Crippen LogP contribution is -2.41. The van der Waals surface area contributed by atoms with E-state index >= 15 is 0 Å². The zero-order valence-corrected chi connectivity index (χ0v) is 17.5. The number of ether oxygens (including phenoxy) is 1. The van der Waals surface area contributed by atoms with Crippen LogP contribution in [-0.2, 0) is 16.9 Å². The van der Waals surface area contributed by atoms with Crippen molar-refractivity contribution in [3.05, 3.63) is 78.2 Å². The zero-order valence-electron chi connectivity index (χ0n) is 17.5. The molecule has 1 N–H and O–H groups in total. The molecule has 32 heavy (non-hydrogen) atoms. The third-order valence-electron chi connectivity index (χ3n) is 5.71. The molecule has 1 aromatic heterocycles. The van der Waals surface area contributed by atoms with Crippen molar-refractivity contribution in [1.82, 2.24) is 20.4 Å². The number of nitrogens with one attached hydrogen (secondary N) is 1. The number of hydrogen-bond acceptors (Lipinski definition) is 6. The number of amides is 3. The molecule has 1 aliphatic heterocycles. The van der Waals surface area contributed by atoms with Gasteiger partial charge in [-0.25, -0.2) is 4.79 Å². The molecule has 0 saturated carbocycles. The van der Waals surface area contributed by atoms with E-state index in [9.17, 15) is 9.59 Å². The van der Waals surface area contributed by atoms with Crippen molar-refractivity contribution >= 4 is 22.7 Å². The van der Waals surface area contributed by atoms with Crippen LogP contribution in [0.25, 0.3) is 22.2 Å². The monoisotopic (exact) mass is 428 g/mol. The van der Waals surface area contributed by atoms with Gasteiger partial charge in [-0.15, -0.1) is 0 Å². The highest BCUT2D eigenvalue weighted by atomic mass is 16.5. The Kier molecular flexibility index (Phi) is 4.62. The Labute approximate surface area is 183 Å². The number of benzene rings is 3. The van der Waals surface area contributed by atoms with Crippen LogP contribution in [-0.4, -0.2) is 34.1 Å². The second-order valence-corrected chi connectivity index (χ2v) is 7.71. The van der Waals surface area contributed by atoms with Gasteiger partial charge in [0.05, 0.1) is 7.11 Å². The van der Waals surface area contributed by atoms with E-state index < -0.39 is 11.6 Å². The predicted molar refractivity (Wildman–Crippen MR) is 117 cm³/mol. The third-order valence-corrected chi connectivity index (χ3v) is 5.71. The van der Waals surface area contributed by atoms with Crippen LogP contribution < -0.4 is 10.1 Å². The Bertz CT molecular complexity index is 1330. The molecule has 8 nitrogen and oxygen atoms in total. The highest BCUT2D eigenvalue weighted by Gasteiger charge is 2.50. The van der Waals surface area contributed by atoms with E-state index in [0.29, 0.717) is 11.6 Å². The fraction of sp³-hybridized carbons (Fsp3) is 0.167. The Morgan fingerprint density at radius 3 is 2.56 bits per heavy atom. The Morgan fingerprint density at radius 1 is 1.03 bits per heavy atom. The molecular formula is C24H20N4O4. The van der Waals surface area contributed by atoms with E-state index in [1.165, 1.54) is 0 Å². The molecule has 8 heteroatoms. The minimum atomic E-state index is -1.20. The van der Waals surface area contributed by atoms with Crippen LogP contribution in [0.4, 0.5) is 4.79 Å². The summed E-state index contributed by atoms with van der Waals surface area (Å²) in [6.07, 6.45) is 0. The molecule has 1 unspecified atom stereocenters.